The first-order valence-corrected chi connectivity index (χ1v) is 8.80. The van der Waals surface area contributed by atoms with E-state index in [-0.39, 0.29) is 0 Å². The van der Waals surface area contributed by atoms with Crippen LogP contribution in [0.4, 0.5) is 5.69 Å². The van der Waals surface area contributed by atoms with E-state index in [0.717, 1.165) is 42.9 Å². The molecule has 1 aromatic rings. The lowest BCUT2D eigenvalue weighted by Gasteiger charge is -2.29. The van der Waals surface area contributed by atoms with Gasteiger partial charge in [-0.15, -0.1) is 0 Å². The first-order valence-electron chi connectivity index (χ1n) is 8.80. The van der Waals surface area contributed by atoms with E-state index in [1.165, 1.54) is 37.4 Å². The molecule has 6 heteroatoms. The minimum absolute atomic E-state index is 0.692. The van der Waals surface area contributed by atoms with Crippen molar-refractivity contribution in [1.82, 2.24) is 4.90 Å². The fourth-order valence-corrected chi connectivity index (χ4v) is 3.82. The van der Waals surface area contributed by atoms with Crippen molar-refractivity contribution in [3.8, 4) is 5.75 Å². The Morgan fingerprint density at radius 2 is 2.00 bits per heavy atom. The molecule has 130 valence electrons. The summed E-state index contributed by atoms with van der Waals surface area (Å²) < 4.78 is 5.85. The SMILES string of the molecule is CN1CCC(C2CC2CCOc2ccc(N(C=N)N=N)cc2)CC1. The van der Waals surface area contributed by atoms with E-state index in [1.807, 2.05) is 24.3 Å². The zero-order chi connectivity index (χ0) is 16.9. The van der Waals surface area contributed by atoms with Gasteiger partial charge in [-0.3, -0.25) is 5.41 Å². The monoisotopic (exact) mass is 329 g/mol. The van der Waals surface area contributed by atoms with E-state index in [0.29, 0.717) is 5.69 Å². The lowest BCUT2D eigenvalue weighted by molar-refractivity contribution is 0.196. The smallest absolute Gasteiger partial charge is 0.119 e. The van der Waals surface area contributed by atoms with Crippen molar-refractivity contribution < 1.29 is 4.74 Å². The molecule has 1 saturated heterocycles. The largest absolute Gasteiger partial charge is 0.494 e. The van der Waals surface area contributed by atoms with Crippen molar-refractivity contribution in [3.63, 3.8) is 0 Å². The number of ether oxygens (including phenoxy) is 1. The van der Waals surface area contributed by atoms with Crippen LogP contribution in [0.1, 0.15) is 25.7 Å². The van der Waals surface area contributed by atoms with Crippen LogP contribution >= 0.6 is 0 Å². The third kappa shape index (κ3) is 4.12. The van der Waals surface area contributed by atoms with Crippen LogP contribution in [0.2, 0.25) is 0 Å². The highest BCUT2D eigenvalue weighted by atomic mass is 16.5. The van der Waals surface area contributed by atoms with Gasteiger partial charge in [-0.05, 0) is 87.8 Å². The zero-order valence-corrected chi connectivity index (χ0v) is 14.3. The Balaban J connectivity index is 1.38. The molecule has 2 atom stereocenters. The van der Waals surface area contributed by atoms with Gasteiger partial charge in [0.15, 0.2) is 0 Å². The third-order valence-corrected chi connectivity index (χ3v) is 5.43. The Bertz CT molecular complexity index is 545. The second-order valence-corrected chi connectivity index (χ2v) is 7.01. The van der Waals surface area contributed by atoms with Gasteiger partial charge in [0.2, 0.25) is 0 Å². The second-order valence-electron chi connectivity index (χ2n) is 7.01. The van der Waals surface area contributed by atoms with Gasteiger partial charge in [0, 0.05) is 0 Å². The maximum atomic E-state index is 7.18. The molecule has 2 unspecified atom stereocenters. The summed E-state index contributed by atoms with van der Waals surface area (Å²) in [6.07, 6.45) is 6.28. The first-order chi connectivity index (χ1) is 11.7. The summed E-state index contributed by atoms with van der Waals surface area (Å²) in [5, 5.41) is 11.6. The summed E-state index contributed by atoms with van der Waals surface area (Å²) in [4.78, 5) is 2.44. The van der Waals surface area contributed by atoms with Crippen LogP contribution in [-0.4, -0.2) is 38.0 Å². The second kappa shape index (κ2) is 7.75. The van der Waals surface area contributed by atoms with Crippen molar-refractivity contribution in [3.05, 3.63) is 24.3 Å². The van der Waals surface area contributed by atoms with Gasteiger partial charge >= 0.3 is 0 Å². The molecule has 0 bridgehead atoms. The molecule has 2 N–H and O–H groups in total. The molecular formula is C18H27N5O. The molecule has 3 rings (SSSR count). The standard InChI is InChI=1S/C18H27N5O/c1-22-9-6-14(7-10-22)18-12-15(18)8-11-24-17-4-2-16(3-5-17)23(13-19)21-20/h2-5,13-15,18-20H,6-12H2,1H3. The van der Waals surface area contributed by atoms with Crippen LogP contribution in [0.5, 0.6) is 5.75 Å². The number of likely N-dealkylation sites (tertiary alicyclic amines) is 1. The van der Waals surface area contributed by atoms with E-state index in [1.54, 1.807) is 0 Å². The van der Waals surface area contributed by atoms with Crippen LogP contribution in [-0.2, 0) is 0 Å². The Labute approximate surface area is 143 Å². The van der Waals surface area contributed by atoms with Crippen LogP contribution < -0.4 is 9.75 Å². The van der Waals surface area contributed by atoms with Crippen LogP contribution in [0, 0.1) is 28.7 Å². The lowest BCUT2D eigenvalue weighted by Crippen LogP contribution is -2.31. The number of hydrogen-bond acceptors (Lipinski definition) is 5. The van der Waals surface area contributed by atoms with Crippen molar-refractivity contribution in [2.24, 2.45) is 23.0 Å². The Kier molecular flexibility index (Phi) is 5.45. The molecule has 1 aliphatic heterocycles. The van der Waals surface area contributed by atoms with Crippen LogP contribution in [0.25, 0.3) is 0 Å². The minimum atomic E-state index is 0.692. The highest BCUT2D eigenvalue weighted by Crippen LogP contribution is 2.49. The molecule has 0 radical (unpaired) electrons. The fourth-order valence-electron chi connectivity index (χ4n) is 3.82. The van der Waals surface area contributed by atoms with Gasteiger partial charge in [-0.25, -0.2) is 5.01 Å². The highest BCUT2D eigenvalue weighted by molar-refractivity contribution is 5.75. The van der Waals surface area contributed by atoms with E-state index in [4.69, 9.17) is 15.7 Å². The van der Waals surface area contributed by atoms with Gasteiger partial charge in [-0.2, -0.15) is 5.53 Å². The number of nitrogens with one attached hydrogen (secondary N) is 2. The number of benzene rings is 1. The fraction of sp³-hybridized carbons (Fsp3) is 0.611. The van der Waals surface area contributed by atoms with E-state index in [9.17, 15) is 0 Å². The maximum Gasteiger partial charge on any atom is 0.119 e. The number of rotatable bonds is 8. The third-order valence-electron chi connectivity index (χ3n) is 5.43. The molecule has 0 aromatic heterocycles. The number of piperidine rings is 1. The van der Waals surface area contributed by atoms with Gasteiger partial charge in [0.05, 0.1) is 12.3 Å². The molecule has 1 saturated carbocycles. The average molecular weight is 329 g/mol. The van der Waals surface area contributed by atoms with Gasteiger partial charge in [0.25, 0.3) is 0 Å². The Morgan fingerprint density at radius 1 is 1.29 bits per heavy atom. The van der Waals surface area contributed by atoms with E-state index in [2.05, 4.69) is 17.2 Å². The van der Waals surface area contributed by atoms with Crippen molar-refractivity contribution >= 4 is 12.0 Å². The molecule has 6 nitrogen and oxygen atoms in total. The summed E-state index contributed by atoms with van der Waals surface area (Å²) in [5.74, 6) is 3.56. The molecule has 24 heavy (non-hydrogen) atoms. The van der Waals surface area contributed by atoms with Crippen LogP contribution in [0.3, 0.4) is 0 Å². The van der Waals surface area contributed by atoms with Gasteiger partial charge in [0.1, 0.15) is 12.1 Å². The highest BCUT2D eigenvalue weighted by Gasteiger charge is 2.42. The molecule has 0 amide bonds. The Morgan fingerprint density at radius 3 is 2.62 bits per heavy atom. The zero-order valence-electron chi connectivity index (χ0n) is 14.3. The van der Waals surface area contributed by atoms with E-state index >= 15 is 0 Å². The summed E-state index contributed by atoms with van der Waals surface area (Å²) in [7, 11) is 2.22. The topological polar surface area (TPSA) is 75.8 Å². The summed E-state index contributed by atoms with van der Waals surface area (Å²) in [6, 6.07) is 7.38. The molecule has 1 aliphatic carbocycles. The minimum Gasteiger partial charge on any atom is -0.494 e. The summed E-state index contributed by atoms with van der Waals surface area (Å²) in [6.45, 7) is 3.28. The molecule has 2 fully saturated rings. The average Bonchev–Trinajstić information content (AvgIpc) is 3.37. The number of hydrogen-bond donors (Lipinski definition) is 2. The molecule has 2 aliphatic rings. The summed E-state index contributed by atoms with van der Waals surface area (Å²) in [5.41, 5.74) is 7.69. The van der Waals surface area contributed by atoms with Crippen molar-refractivity contribution in [1.29, 1.82) is 10.9 Å². The van der Waals surface area contributed by atoms with Crippen molar-refractivity contribution in [2.45, 2.75) is 25.7 Å². The number of nitrogens with zero attached hydrogens (tertiary/aromatic N) is 3. The lowest BCUT2D eigenvalue weighted by atomic mass is 9.91. The molecule has 0 spiro atoms. The predicted molar refractivity (Wildman–Crippen MR) is 94.8 cm³/mol. The molecule has 1 heterocycles. The molecular weight excluding hydrogens is 302 g/mol. The van der Waals surface area contributed by atoms with Crippen LogP contribution in [0.15, 0.2) is 29.5 Å². The molecule has 1 aromatic carbocycles. The predicted octanol–water partition coefficient (Wildman–Crippen LogP) is 3.79. The normalized spacial score (nSPS) is 24.4. The summed E-state index contributed by atoms with van der Waals surface area (Å²) >= 11 is 0. The van der Waals surface area contributed by atoms with Crippen molar-refractivity contribution in [2.75, 3.05) is 31.8 Å². The maximum absolute atomic E-state index is 7.18. The Hall–Kier alpha value is -1.95. The first kappa shape index (κ1) is 16.9. The van der Waals surface area contributed by atoms with E-state index < -0.39 is 0 Å². The van der Waals surface area contributed by atoms with Gasteiger partial charge in [-0.1, -0.05) is 5.22 Å². The number of anilines is 1. The van der Waals surface area contributed by atoms with Gasteiger partial charge < -0.3 is 9.64 Å². The quantitative estimate of drug-likeness (QED) is 0.330.